The summed E-state index contributed by atoms with van der Waals surface area (Å²) in [5.74, 6) is -0.0128. The Hall–Kier alpha value is -2.00. The molecular formula is C18H21ClN2O. The molecule has 0 aliphatic heterocycles. The summed E-state index contributed by atoms with van der Waals surface area (Å²) in [6.45, 7) is 4.97. The van der Waals surface area contributed by atoms with E-state index < -0.39 is 0 Å². The van der Waals surface area contributed by atoms with Gasteiger partial charge in [0.15, 0.2) is 0 Å². The predicted octanol–water partition coefficient (Wildman–Crippen LogP) is 3.73. The van der Waals surface area contributed by atoms with Crippen molar-refractivity contribution >= 4 is 23.2 Å². The lowest BCUT2D eigenvalue weighted by Gasteiger charge is -2.09. The van der Waals surface area contributed by atoms with Crippen LogP contribution in [0.1, 0.15) is 16.7 Å². The standard InChI is InChI=1S/C18H21ClN2O/c1-13-8-14(2)10-17(9-13)21-12-18(22)20-7-6-15-4-3-5-16(19)11-15/h3-5,8-11,21H,6-7,12H2,1-2H3,(H,20,22). The van der Waals surface area contributed by atoms with Crippen molar-refractivity contribution in [2.45, 2.75) is 20.3 Å². The Kier molecular flexibility index (Phi) is 5.84. The molecule has 0 aliphatic rings. The first kappa shape index (κ1) is 16.4. The third kappa shape index (κ3) is 5.41. The van der Waals surface area contributed by atoms with Gasteiger partial charge in [-0.2, -0.15) is 0 Å². The van der Waals surface area contributed by atoms with Gasteiger partial charge >= 0.3 is 0 Å². The zero-order valence-corrected chi connectivity index (χ0v) is 13.7. The number of carbonyl (C=O) groups excluding carboxylic acids is 1. The molecule has 0 saturated carbocycles. The number of benzene rings is 2. The van der Waals surface area contributed by atoms with E-state index in [4.69, 9.17) is 11.6 Å². The smallest absolute Gasteiger partial charge is 0.239 e. The molecule has 4 heteroatoms. The lowest BCUT2D eigenvalue weighted by Crippen LogP contribution is -2.31. The van der Waals surface area contributed by atoms with E-state index in [0.29, 0.717) is 6.54 Å². The third-order valence-electron chi connectivity index (χ3n) is 3.30. The van der Waals surface area contributed by atoms with Crippen LogP contribution in [0, 0.1) is 13.8 Å². The minimum Gasteiger partial charge on any atom is -0.376 e. The predicted molar refractivity (Wildman–Crippen MR) is 92.6 cm³/mol. The fraction of sp³-hybridized carbons (Fsp3) is 0.278. The maximum Gasteiger partial charge on any atom is 0.239 e. The van der Waals surface area contributed by atoms with Crippen molar-refractivity contribution in [3.05, 3.63) is 64.2 Å². The molecule has 0 aliphatic carbocycles. The molecule has 0 saturated heterocycles. The topological polar surface area (TPSA) is 41.1 Å². The van der Waals surface area contributed by atoms with E-state index in [2.05, 4.69) is 16.7 Å². The second-order valence-electron chi connectivity index (χ2n) is 5.46. The van der Waals surface area contributed by atoms with Crippen LogP contribution in [0.25, 0.3) is 0 Å². The summed E-state index contributed by atoms with van der Waals surface area (Å²) in [5, 5.41) is 6.78. The normalized spacial score (nSPS) is 10.3. The molecule has 1 amide bonds. The van der Waals surface area contributed by atoms with Crippen molar-refractivity contribution in [1.82, 2.24) is 5.32 Å². The van der Waals surface area contributed by atoms with Crippen LogP contribution in [-0.2, 0) is 11.2 Å². The van der Waals surface area contributed by atoms with Crippen LogP contribution in [0.2, 0.25) is 5.02 Å². The first-order valence-corrected chi connectivity index (χ1v) is 7.74. The summed E-state index contributed by atoms with van der Waals surface area (Å²) in [5.41, 5.74) is 4.46. The van der Waals surface area contributed by atoms with E-state index in [0.717, 1.165) is 22.7 Å². The number of halogens is 1. The van der Waals surface area contributed by atoms with Crippen LogP contribution in [0.3, 0.4) is 0 Å². The molecule has 0 unspecified atom stereocenters. The zero-order valence-electron chi connectivity index (χ0n) is 12.9. The summed E-state index contributed by atoms with van der Waals surface area (Å²) < 4.78 is 0. The highest BCUT2D eigenvalue weighted by Crippen LogP contribution is 2.13. The molecule has 2 N–H and O–H groups in total. The van der Waals surface area contributed by atoms with Crippen LogP contribution < -0.4 is 10.6 Å². The van der Waals surface area contributed by atoms with Crippen LogP contribution in [0.15, 0.2) is 42.5 Å². The second-order valence-corrected chi connectivity index (χ2v) is 5.90. The third-order valence-corrected chi connectivity index (χ3v) is 3.53. The van der Waals surface area contributed by atoms with Crippen molar-refractivity contribution in [3.8, 4) is 0 Å². The first-order valence-electron chi connectivity index (χ1n) is 7.36. The van der Waals surface area contributed by atoms with Crippen molar-refractivity contribution < 1.29 is 4.79 Å². The van der Waals surface area contributed by atoms with Crippen LogP contribution in [0.4, 0.5) is 5.69 Å². The van der Waals surface area contributed by atoms with Gasteiger partial charge in [-0.15, -0.1) is 0 Å². The Labute approximate surface area is 136 Å². The fourth-order valence-electron chi connectivity index (χ4n) is 2.36. The molecule has 2 aromatic rings. The van der Waals surface area contributed by atoms with Crippen molar-refractivity contribution in [2.75, 3.05) is 18.4 Å². The van der Waals surface area contributed by atoms with Crippen LogP contribution in [0.5, 0.6) is 0 Å². The summed E-state index contributed by atoms with van der Waals surface area (Å²) >= 11 is 5.93. The number of rotatable bonds is 6. The van der Waals surface area contributed by atoms with Crippen molar-refractivity contribution in [2.24, 2.45) is 0 Å². The Morgan fingerprint density at radius 2 is 1.82 bits per heavy atom. The number of aryl methyl sites for hydroxylation is 2. The molecule has 0 aromatic heterocycles. The number of amides is 1. The Morgan fingerprint density at radius 1 is 1.09 bits per heavy atom. The number of anilines is 1. The summed E-state index contributed by atoms with van der Waals surface area (Å²) in [6.07, 6.45) is 0.774. The number of hydrogen-bond acceptors (Lipinski definition) is 2. The summed E-state index contributed by atoms with van der Waals surface area (Å²) in [7, 11) is 0. The molecule has 0 spiro atoms. The van der Waals surface area contributed by atoms with Gasteiger partial charge in [-0.05, 0) is 61.2 Å². The molecule has 0 bridgehead atoms. The molecule has 3 nitrogen and oxygen atoms in total. The average Bonchev–Trinajstić information content (AvgIpc) is 2.44. The van der Waals surface area contributed by atoms with Gasteiger partial charge in [-0.3, -0.25) is 4.79 Å². The molecule has 0 atom stereocenters. The molecule has 22 heavy (non-hydrogen) atoms. The molecular weight excluding hydrogens is 296 g/mol. The van der Waals surface area contributed by atoms with E-state index in [1.165, 1.54) is 11.1 Å². The van der Waals surface area contributed by atoms with Crippen molar-refractivity contribution in [1.29, 1.82) is 0 Å². The van der Waals surface area contributed by atoms with Gasteiger partial charge in [0.05, 0.1) is 6.54 Å². The Balaban J connectivity index is 1.74. The minimum atomic E-state index is -0.0128. The summed E-state index contributed by atoms with van der Waals surface area (Å²) in [4.78, 5) is 11.8. The van der Waals surface area contributed by atoms with Gasteiger partial charge in [-0.1, -0.05) is 29.8 Å². The number of hydrogen-bond donors (Lipinski definition) is 2. The minimum absolute atomic E-state index is 0.0128. The van der Waals surface area contributed by atoms with Gasteiger partial charge in [-0.25, -0.2) is 0 Å². The lowest BCUT2D eigenvalue weighted by atomic mass is 10.1. The van der Waals surface area contributed by atoms with E-state index in [1.54, 1.807) is 0 Å². The zero-order chi connectivity index (χ0) is 15.9. The SMILES string of the molecule is Cc1cc(C)cc(NCC(=O)NCCc2cccc(Cl)c2)c1. The lowest BCUT2D eigenvalue weighted by molar-refractivity contribution is -0.119. The van der Waals surface area contributed by atoms with E-state index >= 15 is 0 Å². The highest BCUT2D eigenvalue weighted by atomic mass is 35.5. The van der Waals surface area contributed by atoms with Crippen LogP contribution in [-0.4, -0.2) is 19.0 Å². The number of nitrogens with one attached hydrogen (secondary N) is 2. The highest BCUT2D eigenvalue weighted by Gasteiger charge is 2.02. The Bertz CT molecular complexity index is 635. The summed E-state index contributed by atoms with van der Waals surface area (Å²) in [6, 6.07) is 13.9. The highest BCUT2D eigenvalue weighted by molar-refractivity contribution is 6.30. The molecule has 2 rings (SSSR count). The largest absolute Gasteiger partial charge is 0.376 e. The maximum atomic E-state index is 11.8. The molecule has 0 heterocycles. The molecule has 0 fully saturated rings. The quantitative estimate of drug-likeness (QED) is 0.852. The van der Waals surface area contributed by atoms with E-state index in [-0.39, 0.29) is 12.5 Å². The van der Waals surface area contributed by atoms with Gasteiger partial charge in [0.2, 0.25) is 5.91 Å². The molecule has 0 radical (unpaired) electrons. The Morgan fingerprint density at radius 3 is 2.50 bits per heavy atom. The second kappa shape index (κ2) is 7.85. The molecule has 116 valence electrons. The van der Waals surface area contributed by atoms with Gasteiger partial charge < -0.3 is 10.6 Å². The molecule has 2 aromatic carbocycles. The first-order chi connectivity index (χ1) is 10.5. The maximum absolute atomic E-state index is 11.8. The van der Waals surface area contributed by atoms with E-state index in [1.807, 2.05) is 50.2 Å². The van der Waals surface area contributed by atoms with Crippen LogP contribution >= 0.6 is 11.6 Å². The van der Waals surface area contributed by atoms with Gasteiger partial charge in [0.1, 0.15) is 0 Å². The fourth-order valence-corrected chi connectivity index (χ4v) is 2.57. The monoisotopic (exact) mass is 316 g/mol. The van der Waals surface area contributed by atoms with Gasteiger partial charge in [0, 0.05) is 17.3 Å². The van der Waals surface area contributed by atoms with Crippen molar-refractivity contribution in [3.63, 3.8) is 0 Å². The van der Waals surface area contributed by atoms with Gasteiger partial charge in [0.25, 0.3) is 0 Å². The average molecular weight is 317 g/mol. The number of carbonyl (C=O) groups is 1. The van der Waals surface area contributed by atoms with E-state index in [9.17, 15) is 4.79 Å².